The van der Waals surface area contributed by atoms with Gasteiger partial charge in [0.05, 0.1) is 5.56 Å². The highest BCUT2D eigenvalue weighted by Gasteiger charge is 2.22. The minimum Gasteiger partial charge on any atom is -0.384 e. The van der Waals surface area contributed by atoms with Crippen molar-refractivity contribution >= 4 is 11.6 Å². The minimum atomic E-state index is 0.0343. The lowest BCUT2D eigenvalue weighted by Gasteiger charge is -2.20. The molecule has 86 valence electrons. The molecule has 0 spiro atoms. The number of fused-ring (bicyclic) bond motifs is 1. The van der Waals surface area contributed by atoms with Crippen molar-refractivity contribution in [2.24, 2.45) is 5.41 Å². The Morgan fingerprint density at radius 1 is 1.38 bits per heavy atom. The van der Waals surface area contributed by atoms with E-state index in [0.717, 1.165) is 23.4 Å². The number of rotatable bonds is 2. The molecule has 0 aromatic heterocycles. The smallest absolute Gasteiger partial charge is 0.253 e. The first-order valence-corrected chi connectivity index (χ1v) is 5.61. The van der Waals surface area contributed by atoms with Crippen LogP contribution in [0.3, 0.4) is 0 Å². The summed E-state index contributed by atoms with van der Waals surface area (Å²) in [6.07, 6.45) is 0. The molecule has 0 radical (unpaired) electrons. The van der Waals surface area contributed by atoms with E-state index in [1.54, 1.807) is 0 Å². The van der Waals surface area contributed by atoms with Crippen LogP contribution in [0.25, 0.3) is 0 Å². The van der Waals surface area contributed by atoms with Crippen LogP contribution in [0, 0.1) is 5.41 Å². The van der Waals surface area contributed by atoms with Crippen LogP contribution in [0.2, 0.25) is 0 Å². The van der Waals surface area contributed by atoms with E-state index >= 15 is 0 Å². The van der Waals surface area contributed by atoms with Crippen molar-refractivity contribution in [1.82, 2.24) is 5.32 Å². The molecule has 0 aliphatic carbocycles. The number of carbonyl (C=O) groups excluding carboxylic acids is 1. The molecule has 16 heavy (non-hydrogen) atoms. The first-order valence-electron chi connectivity index (χ1n) is 5.61. The molecule has 0 fully saturated rings. The fourth-order valence-electron chi connectivity index (χ4n) is 1.79. The van der Waals surface area contributed by atoms with E-state index in [9.17, 15) is 4.79 Å². The summed E-state index contributed by atoms with van der Waals surface area (Å²) >= 11 is 0. The molecule has 0 atom stereocenters. The van der Waals surface area contributed by atoms with Crippen LogP contribution >= 0.6 is 0 Å². The fraction of sp³-hybridized carbons (Fsp3) is 0.462. The Bertz CT molecular complexity index is 418. The van der Waals surface area contributed by atoms with E-state index in [1.807, 2.05) is 18.2 Å². The fourth-order valence-corrected chi connectivity index (χ4v) is 1.79. The van der Waals surface area contributed by atoms with Gasteiger partial charge in [0, 0.05) is 18.8 Å². The lowest BCUT2D eigenvalue weighted by molar-refractivity contribution is 0.0966. The molecule has 3 heteroatoms. The van der Waals surface area contributed by atoms with Crippen LogP contribution in [0.15, 0.2) is 18.2 Å². The van der Waals surface area contributed by atoms with Gasteiger partial charge in [-0.15, -0.1) is 0 Å². The Hall–Kier alpha value is -1.51. The number of benzene rings is 1. The van der Waals surface area contributed by atoms with E-state index in [1.165, 1.54) is 0 Å². The predicted molar refractivity (Wildman–Crippen MR) is 65.6 cm³/mol. The highest BCUT2D eigenvalue weighted by molar-refractivity contribution is 6.03. The third-order valence-electron chi connectivity index (χ3n) is 2.63. The first kappa shape index (κ1) is 11.0. The van der Waals surface area contributed by atoms with Gasteiger partial charge in [0.15, 0.2) is 0 Å². The van der Waals surface area contributed by atoms with Crippen LogP contribution in [0.1, 0.15) is 36.7 Å². The Kier molecular flexibility index (Phi) is 2.62. The van der Waals surface area contributed by atoms with Gasteiger partial charge in [-0.3, -0.25) is 4.79 Å². The number of amides is 1. The average molecular weight is 218 g/mol. The first-order chi connectivity index (χ1) is 7.47. The molecule has 1 aromatic carbocycles. The van der Waals surface area contributed by atoms with Crippen molar-refractivity contribution in [3.05, 3.63) is 29.3 Å². The van der Waals surface area contributed by atoms with E-state index in [-0.39, 0.29) is 11.3 Å². The molecule has 2 rings (SSSR count). The third kappa shape index (κ3) is 2.18. The van der Waals surface area contributed by atoms with Crippen LogP contribution in [-0.4, -0.2) is 12.5 Å². The highest BCUT2D eigenvalue weighted by Crippen LogP contribution is 2.25. The summed E-state index contributed by atoms with van der Waals surface area (Å²) in [4.78, 5) is 11.7. The van der Waals surface area contributed by atoms with E-state index in [0.29, 0.717) is 6.54 Å². The molecule has 3 nitrogen and oxygen atoms in total. The van der Waals surface area contributed by atoms with Gasteiger partial charge in [0.1, 0.15) is 0 Å². The number of nitrogens with one attached hydrogen (secondary N) is 2. The monoisotopic (exact) mass is 218 g/mol. The molecule has 0 unspecified atom stereocenters. The maximum atomic E-state index is 11.7. The zero-order valence-corrected chi connectivity index (χ0v) is 10.1. The number of hydrogen-bond donors (Lipinski definition) is 2. The standard InChI is InChI=1S/C13H18N2O/c1-13(2,3)8-15-10-6-4-5-9-7-14-12(16)11(9)10/h4-6,15H,7-8H2,1-3H3,(H,14,16). The van der Waals surface area contributed by atoms with Crippen molar-refractivity contribution in [3.8, 4) is 0 Å². The zero-order valence-electron chi connectivity index (χ0n) is 10.1. The van der Waals surface area contributed by atoms with E-state index in [2.05, 4.69) is 31.4 Å². The third-order valence-corrected chi connectivity index (χ3v) is 2.63. The average Bonchev–Trinajstić information content (AvgIpc) is 2.57. The SMILES string of the molecule is CC(C)(C)CNc1cccc2c1C(=O)NC2. The van der Waals surface area contributed by atoms with Gasteiger partial charge in [-0.2, -0.15) is 0 Å². The molecule has 0 bridgehead atoms. The number of anilines is 1. The zero-order chi connectivity index (χ0) is 11.8. The minimum absolute atomic E-state index is 0.0343. The summed E-state index contributed by atoms with van der Waals surface area (Å²) in [6.45, 7) is 8.02. The van der Waals surface area contributed by atoms with E-state index < -0.39 is 0 Å². The Labute approximate surface area is 96.2 Å². The maximum absolute atomic E-state index is 11.7. The summed E-state index contributed by atoms with van der Waals surface area (Å²) in [5, 5.41) is 6.20. The normalized spacial score (nSPS) is 14.6. The second-order valence-corrected chi connectivity index (χ2v) is 5.44. The largest absolute Gasteiger partial charge is 0.384 e. The maximum Gasteiger partial charge on any atom is 0.253 e. The Morgan fingerprint density at radius 2 is 2.12 bits per heavy atom. The second-order valence-electron chi connectivity index (χ2n) is 5.44. The van der Waals surface area contributed by atoms with Crippen LogP contribution in [0.4, 0.5) is 5.69 Å². The quantitative estimate of drug-likeness (QED) is 0.800. The predicted octanol–water partition coefficient (Wildman–Crippen LogP) is 2.39. The molecular weight excluding hydrogens is 200 g/mol. The van der Waals surface area contributed by atoms with Gasteiger partial charge in [-0.1, -0.05) is 32.9 Å². The molecule has 1 amide bonds. The topological polar surface area (TPSA) is 41.1 Å². The van der Waals surface area contributed by atoms with Crippen molar-refractivity contribution in [1.29, 1.82) is 0 Å². The van der Waals surface area contributed by atoms with Gasteiger partial charge in [-0.25, -0.2) is 0 Å². The van der Waals surface area contributed by atoms with Crippen LogP contribution < -0.4 is 10.6 Å². The van der Waals surface area contributed by atoms with Crippen molar-refractivity contribution in [2.45, 2.75) is 27.3 Å². The van der Waals surface area contributed by atoms with E-state index in [4.69, 9.17) is 0 Å². The lowest BCUT2D eigenvalue weighted by Crippen LogP contribution is -2.21. The number of carbonyl (C=O) groups is 1. The highest BCUT2D eigenvalue weighted by atomic mass is 16.1. The van der Waals surface area contributed by atoms with Gasteiger partial charge in [-0.05, 0) is 17.0 Å². The summed E-state index contributed by atoms with van der Waals surface area (Å²) < 4.78 is 0. The van der Waals surface area contributed by atoms with Crippen molar-refractivity contribution in [2.75, 3.05) is 11.9 Å². The summed E-state index contributed by atoms with van der Waals surface area (Å²) in [5.41, 5.74) is 3.05. The molecule has 1 aliphatic rings. The van der Waals surface area contributed by atoms with Gasteiger partial charge >= 0.3 is 0 Å². The molecule has 0 saturated heterocycles. The summed E-state index contributed by atoms with van der Waals surface area (Å²) in [5.74, 6) is 0.0343. The Morgan fingerprint density at radius 3 is 2.81 bits per heavy atom. The molecule has 1 heterocycles. The lowest BCUT2D eigenvalue weighted by atomic mass is 9.96. The molecule has 1 aromatic rings. The second kappa shape index (κ2) is 3.81. The Balaban J connectivity index is 2.23. The summed E-state index contributed by atoms with van der Waals surface area (Å²) in [6, 6.07) is 5.95. The number of hydrogen-bond acceptors (Lipinski definition) is 2. The van der Waals surface area contributed by atoms with Gasteiger partial charge in [0.25, 0.3) is 5.91 Å². The summed E-state index contributed by atoms with van der Waals surface area (Å²) in [7, 11) is 0. The van der Waals surface area contributed by atoms with Crippen LogP contribution in [-0.2, 0) is 6.54 Å². The molecule has 0 saturated carbocycles. The van der Waals surface area contributed by atoms with Gasteiger partial charge in [0.2, 0.25) is 0 Å². The van der Waals surface area contributed by atoms with Gasteiger partial charge < -0.3 is 10.6 Å². The van der Waals surface area contributed by atoms with Crippen molar-refractivity contribution in [3.63, 3.8) is 0 Å². The molecular formula is C13H18N2O. The van der Waals surface area contributed by atoms with Crippen LogP contribution in [0.5, 0.6) is 0 Å². The molecule has 2 N–H and O–H groups in total. The molecule has 1 aliphatic heterocycles. The van der Waals surface area contributed by atoms with Crippen molar-refractivity contribution < 1.29 is 4.79 Å².